The Balaban J connectivity index is 1.61. The van der Waals surface area contributed by atoms with Crippen molar-refractivity contribution in [3.63, 3.8) is 0 Å². The summed E-state index contributed by atoms with van der Waals surface area (Å²) in [6.07, 6.45) is 3.53. The quantitative estimate of drug-likeness (QED) is 0.882. The van der Waals surface area contributed by atoms with Gasteiger partial charge in [-0.25, -0.2) is 0 Å². The fraction of sp³-hybridized carbons (Fsp3) is 0.381. The van der Waals surface area contributed by atoms with E-state index in [2.05, 4.69) is 17.2 Å². The molecule has 3 rings (SSSR count). The van der Waals surface area contributed by atoms with Crippen LogP contribution in [0.15, 0.2) is 42.6 Å². The van der Waals surface area contributed by atoms with Crippen LogP contribution in [0.1, 0.15) is 46.2 Å². The smallest absolute Gasteiger partial charge is 0.272 e. The summed E-state index contributed by atoms with van der Waals surface area (Å²) in [7, 11) is 1.61. The van der Waals surface area contributed by atoms with E-state index in [4.69, 9.17) is 4.74 Å². The molecule has 0 radical (unpaired) electrons. The maximum atomic E-state index is 12.6. The lowest BCUT2D eigenvalue weighted by Crippen LogP contribution is -2.38. The van der Waals surface area contributed by atoms with Gasteiger partial charge in [0.1, 0.15) is 11.4 Å². The number of amides is 2. The van der Waals surface area contributed by atoms with Gasteiger partial charge >= 0.3 is 0 Å². The maximum Gasteiger partial charge on any atom is 0.272 e. The zero-order chi connectivity index (χ0) is 19.2. The van der Waals surface area contributed by atoms with Crippen LogP contribution in [0.2, 0.25) is 0 Å². The lowest BCUT2D eigenvalue weighted by atomic mass is 9.99. The van der Waals surface area contributed by atoms with Crippen molar-refractivity contribution >= 4 is 11.8 Å². The van der Waals surface area contributed by atoms with E-state index in [9.17, 15) is 9.59 Å². The Morgan fingerprint density at radius 3 is 2.56 bits per heavy atom. The summed E-state index contributed by atoms with van der Waals surface area (Å²) >= 11 is 0. The highest BCUT2D eigenvalue weighted by molar-refractivity contribution is 5.98. The lowest BCUT2D eigenvalue weighted by molar-refractivity contribution is 0.0691. The topological polar surface area (TPSA) is 71.5 Å². The van der Waals surface area contributed by atoms with E-state index in [1.165, 1.54) is 6.20 Å². The molecule has 0 bridgehead atoms. The van der Waals surface area contributed by atoms with Crippen LogP contribution in [-0.2, 0) is 6.54 Å². The molecule has 6 heteroatoms. The highest BCUT2D eigenvalue weighted by atomic mass is 16.5. The van der Waals surface area contributed by atoms with E-state index in [-0.39, 0.29) is 11.8 Å². The van der Waals surface area contributed by atoms with Crippen LogP contribution in [0, 0.1) is 5.92 Å². The number of methoxy groups -OCH3 is 1. The standard InChI is InChI=1S/C21H25N3O3/c1-15-8-11-24(12-9-15)21(26)19-13-17(7-10-22-19)20(25)23-14-16-3-5-18(27-2)6-4-16/h3-7,10,13,15H,8-9,11-12,14H2,1-2H3,(H,23,25). The fourth-order valence-corrected chi connectivity index (χ4v) is 3.09. The van der Waals surface area contributed by atoms with Gasteiger partial charge in [0.05, 0.1) is 7.11 Å². The number of piperidine rings is 1. The number of aromatic nitrogens is 1. The number of benzene rings is 1. The average Bonchev–Trinajstić information content (AvgIpc) is 2.72. The predicted molar refractivity (Wildman–Crippen MR) is 103 cm³/mol. The van der Waals surface area contributed by atoms with Gasteiger partial charge in [-0.05, 0) is 48.6 Å². The van der Waals surface area contributed by atoms with Crippen molar-refractivity contribution in [2.75, 3.05) is 20.2 Å². The molecule has 0 saturated carbocycles. The van der Waals surface area contributed by atoms with Crippen molar-refractivity contribution in [1.82, 2.24) is 15.2 Å². The summed E-state index contributed by atoms with van der Waals surface area (Å²) in [5, 5.41) is 2.87. The van der Waals surface area contributed by atoms with Gasteiger partial charge in [0.25, 0.3) is 11.8 Å². The van der Waals surface area contributed by atoms with Gasteiger partial charge in [0, 0.05) is 31.4 Å². The molecule has 1 aromatic carbocycles. The average molecular weight is 367 g/mol. The van der Waals surface area contributed by atoms with E-state index in [1.807, 2.05) is 29.2 Å². The summed E-state index contributed by atoms with van der Waals surface area (Å²) in [6.45, 7) is 4.09. The molecular weight excluding hydrogens is 342 g/mol. The third-order valence-electron chi connectivity index (χ3n) is 4.92. The van der Waals surface area contributed by atoms with Crippen LogP contribution in [0.5, 0.6) is 5.75 Å². The summed E-state index contributed by atoms with van der Waals surface area (Å²) in [4.78, 5) is 31.1. The van der Waals surface area contributed by atoms with Crippen LogP contribution in [0.3, 0.4) is 0 Å². The number of carbonyl (C=O) groups excluding carboxylic acids is 2. The van der Waals surface area contributed by atoms with Crippen molar-refractivity contribution in [1.29, 1.82) is 0 Å². The molecule has 1 N–H and O–H groups in total. The van der Waals surface area contributed by atoms with E-state index >= 15 is 0 Å². The normalized spacial score (nSPS) is 14.7. The summed E-state index contributed by atoms with van der Waals surface area (Å²) in [5.41, 5.74) is 1.73. The highest BCUT2D eigenvalue weighted by Crippen LogP contribution is 2.18. The number of hydrogen-bond donors (Lipinski definition) is 1. The Morgan fingerprint density at radius 1 is 1.19 bits per heavy atom. The SMILES string of the molecule is COc1ccc(CNC(=O)c2ccnc(C(=O)N3CCC(C)CC3)c2)cc1. The minimum atomic E-state index is -0.227. The number of pyridine rings is 1. The van der Waals surface area contributed by atoms with Crippen LogP contribution in [0.25, 0.3) is 0 Å². The van der Waals surface area contributed by atoms with Gasteiger partial charge in [0.15, 0.2) is 0 Å². The molecule has 1 aliphatic heterocycles. The molecule has 142 valence electrons. The van der Waals surface area contributed by atoms with Gasteiger partial charge < -0.3 is 15.0 Å². The Morgan fingerprint density at radius 2 is 1.89 bits per heavy atom. The molecule has 27 heavy (non-hydrogen) atoms. The van der Waals surface area contributed by atoms with Crippen LogP contribution in [-0.4, -0.2) is 41.9 Å². The number of ether oxygens (including phenoxy) is 1. The first-order valence-corrected chi connectivity index (χ1v) is 9.23. The molecule has 2 amide bonds. The summed E-state index contributed by atoms with van der Waals surface area (Å²) in [5.74, 6) is 1.09. The van der Waals surface area contributed by atoms with Crippen LogP contribution >= 0.6 is 0 Å². The number of nitrogens with one attached hydrogen (secondary N) is 1. The zero-order valence-corrected chi connectivity index (χ0v) is 15.8. The molecule has 1 fully saturated rings. The van der Waals surface area contributed by atoms with Gasteiger partial charge in [0.2, 0.25) is 0 Å². The monoisotopic (exact) mass is 367 g/mol. The number of hydrogen-bond acceptors (Lipinski definition) is 4. The largest absolute Gasteiger partial charge is 0.497 e. The minimum Gasteiger partial charge on any atom is -0.497 e. The minimum absolute atomic E-state index is 0.105. The Hall–Kier alpha value is -2.89. The van der Waals surface area contributed by atoms with Gasteiger partial charge in [-0.15, -0.1) is 0 Å². The Bertz CT molecular complexity index is 797. The number of rotatable bonds is 5. The molecule has 0 atom stereocenters. The van der Waals surface area contributed by atoms with Gasteiger partial charge in [-0.3, -0.25) is 14.6 Å². The molecule has 6 nitrogen and oxygen atoms in total. The van der Waals surface area contributed by atoms with E-state index < -0.39 is 0 Å². The van der Waals surface area contributed by atoms with Crippen LogP contribution in [0.4, 0.5) is 0 Å². The summed E-state index contributed by atoms with van der Waals surface area (Å²) in [6, 6.07) is 10.7. The first-order valence-electron chi connectivity index (χ1n) is 9.23. The van der Waals surface area contributed by atoms with E-state index in [1.54, 1.807) is 19.2 Å². The molecule has 2 heterocycles. The molecule has 0 unspecified atom stereocenters. The van der Waals surface area contributed by atoms with E-state index in [0.717, 1.165) is 37.2 Å². The lowest BCUT2D eigenvalue weighted by Gasteiger charge is -2.30. The third-order valence-corrected chi connectivity index (χ3v) is 4.92. The molecule has 0 aliphatic carbocycles. The number of likely N-dealkylation sites (tertiary alicyclic amines) is 1. The Kier molecular flexibility index (Phi) is 6.06. The second kappa shape index (κ2) is 8.66. The molecular formula is C21H25N3O3. The number of carbonyl (C=O) groups is 2. The number of nitrogens with zero attached hydrogens (tertiary/aromatic N) is 2. The Labute approximate surface area is 159 Å². The van der Waals surface area contributed by atoms with Crippen LogP contribution < -0.4 is 10.1 Å². The molecule has 1 aromatic heterocycles. The third kappa shape index (κ3) is 4.84. The zero-order valence-electron chi connectivity index (χ0n) is 15.8. The summed E-state index contributed by atoms with van der Waals surface area (Å²) < 4.78 is 5.13. The first-order chi connectivity index (χ1) is 13.1. The molecule has 2 aromatic rings. The van der Waals surface area contributed by atoms with Crippen molar-refractivity contribution in [3.05, 3.63) is 59.4 Å². The van der Waals surface area contributed by atoms with Gasteiger partial charge in [-0.2, -0.15) is 0 Å². The molecule has 1 aliphatic rings. The predicted octanol–water partition coefficient (Wildman–Crippen LogP) is 2.89. The van der Waals surface area contributed by atoms with Crippen molar-refractivity contribution in [2.24, 2.45) is 5.92 Å². The molecule has 1 saturated heterocycles. The second-order valence-electron chi connectivity index (χ2n) is 6.94. The first kappa shape index (κ1) is 18.9. The second-order valence-corrected chi connectivity index (χ2v) is 6.94. The fourth-order valence-electron chi connectivity index (χ4n) is 3.09. The van der Waals surface area contributed by atoms with E-state index in [0.29, 0.717) is 23.7 Å². The maximum absolute atomic E-state index is 12.6. The van der Waals surface area contributed by atoms with Crippen molar-refractivity contribution in [2.45, 2.75) is 26.3 Å². The molecule has 0 spiro atoms. The van der Waals surface area contributed by atoms with Gasteiger partial charge in [-0.1, -0.05) is 19.1 Å². The van der Waals surface area contributed by atoms with Crippen molar-refractivity contribution in [3.8, 4) is 5.75 Å². The highest BCUT2D eigenvalue weighted by Gasteiger charge is 2.22. The van der Waals surface area contributed by atoms with Crippen molar-refractivity contribution < 1.29 is 14.3 Å².